The summed E-state index contributed by atoms with van der Waals surface area (Å²) >= 11 is 5.35. The Kier molecular flexibility index (Phi) is 7.90. The quantitative estimate of drug-likeness (QED) is 0.351. The Morgan fingerprint density at radius 1 is 1.03 bits per heavy atom. The van der Waals surface area contributed by atoms with Gasteiger partial charge in [0.05, 0.1) is 10.9 Å². The Morgan fingerprint density at radius 3 is 2.74 bits per heavy atom. The predicted octanol–water partition coefficient (Wildman–Crippen LogP) is 4.45. The van der Waals surface area contributed by atoms with Gasteiger partial charge in [-0.1, -0.05) is 30.7 Å². The van der Waals surface area contributed by atoms with Gasteiger partial charge in [-0.15, -0.1) is 0 Å². The van der Waals surface area contributed by atoms with Gasteiger partial charge in [-0.2, -0.15) is 0 Å². The summed E-state index contributed by atoms with van der Waals surface area (Å²) in [5.41, 5.74) is 2.55. The second kappa shape index (κ2) is 11.2. The van der Waals surface area contributed by atoms with Crippen LogP contribution < -0.4 is 15.8 Å². The number of aromatic amines is 1. The fourth-order valence-corrected chi connectivity index (χ4v) is 4.62. The lowest BCUT2D eigenvalue weighted by molar-refractivity contribution is -0.121. The number of rotatable bonds is 9. The van der Waals surface area contributed by atoms with Crippen LogP contribution in [0.2, 0.25) is 0 Å². The van der Waals surface area contributed by atoms with Gasteiger partial charge in [-0.25, -0.2) is 0 Å². The van der Waals surface area contributed by atoms with Gasteiger partial charge < -0.3 is 15.2 Å². The van der Waals surface area contributed by atoms with Crippen molar-refractivity contribution in [3.05, 3.63) is 69.2 Å². The highest BCUT2D eigenvalue weighted by molar-refractivity contribution is 7.71. The highest BCUT2D eigenvalue weighted by Crippen LogP contribution is 2.22. The maximum Gasteiger partial charge on any atom is 0.262 e. The van der Waals surface area contributed by atoms with Crippen molar-refractivity contribution in [2.45, 2.75) is 58.0 Å². The zero-order valence-corrected chi connectivity index (χ0v) is 20.0. The number of anilines is 1. The van der Waals surface area contributed by atoms with Gasteiger partial charge >= 0.3 is 0 Å². The molecule has 2 aromatic carbocycles. The topological polar surface area (TPSA) is 87.2 Å². The molecule has 1 fully saturated rings. The van der Waals surface area contributed by atoms with E-state index in [9.17, 15) is 14.4 Å². The van der Waals surface area contributed by atoms with E-state index in [1.54, 1.807) is 10.6 Å². The van der Waals surface area contributed by atoms with E-state index in [0.29, 0.717) is 36.1 Å². The molecule has 0 atom stereocenters. The van der Waals surface area contributed by atoms with Gasteiger partial charge in [-0.05, 0) is 67.7 Å². The van der Waals surface area contributed by atoms with Crippen LogP contribution >= 0.6 is 12.2 Å². The molecule has 2 amide bonds. The van der Waals surface area contributed by atoms with E-state index in [0.717, 1.165) is 55.4 Å². The first-order chi connectivity index (χ1) is 16.5. The first kappa shape index (κ1) is 23.9. The molecule has 8 heteroatoms. The van der Waals surface area contributed by atoms with Crippen LogP contribution in [-0.4, -0.2) is 27.9 Å². The molecular weight excluding hydrogens is 448 g/mol. The molecule has 0 bridgehead atoms. The molecule has 34 heavy (non-hydrogen) atoms. The van der Waals surface area contributed by atoms with E-state index in [4.69, 9.17) is 12.2 Å². The smallest absolute Gasteiger partial charge is 0.262 e. The van der Waals surface area contributed by atoms with Crippen LogP contribution in [0.5, 0.6) is 0 Å². The van der Waals surface area contributed by atoms with Crippen molar-refractivity contribution in [2.75, 3.05) is 11.4 Å². The normalized spacial score (nSPS) is 13.9. The number of piperidine rings is 1. The molecule has 3 aromatic rings. The average Bonchev–Trinajstić information content (AvgIpc) is 2.85. The number of nitrogens with zero attached hydrogens (tertiary/aromatic N) is 2. The first-order valence-corrected chi connectivity index (χ1v) is 12.3. The summed E-state index contributed by atoms with van der Waals surface area (Å²) in [5.74, 6) is 0.166. The summed E-state index contributed by atoms with van der Waals surface area (Å²) in [7, 11) is 0. The second-order valence-electron chi connectivity index (χ2n) is 8.69. The fraction of sp³-hybridized carbons (Fsp3) is 0.385. The average molecular weight is 479 g/mol. The van der Waals surface area contributed by atoms with Gasteiger partial charge in [0.2, 0.25) is 11.8 Å². The van der Waals surface area contributed by atoms with E-state index >= 15 is 0 Å². The Balaban J connectivity index is 1.21. The third-order valence-corrected chi connectivity index (χ3v) is 6.53. The first-order valence-electron chi connectivity index (χ1n) is 11.9. The van der Waals surface area contributed by atoms with Gasteiger partial charge in [0, 0.05) is 38.2 Å². The zero-order valence-electron chi connectivity index (χ0n) is 19.2. The minimum atomic E-state index is -0.0782. The van der Waals surface area contributed by atoms with Crippen molar-refractivity contribution in [3.8, 4) is 0 Å². The lowest BCUT2D eigenvalue weighted by atomic mass is 10.1. The van der Waals surface area contributed by atoms with Gasteiger partial charge in [-0.3, -0.25) is 19.0 Å². The lowest BCUT2D eigenvalue weighted by Crippen LogP contribution is -2.35. The van der Waals surface area contributed by atoms with Gasteiger partial charge in [0.25, 0.3) is 5.56 Å². The van der Waals surface area contributed by atoms with E-state index < -0.39 is 0 Å². The number of carbonyl (C=O) groups is 2. The summed E-state index contributed by atoms with van der Waals surface area (Å²) in [4.78, 5) is 42.1. The Labute approximate surface area is 203 Å². The third-order valence-electron chi connectivity index (χ3n) is 6.21. The largest absolute Gasteiger partial charge is 0.352 e. The van der Waals surface area contributed by atoms with Crippen LogP contribution in [0.3, 0.4) is 0 Å². The minimum Gasteiger partial charge on any atom is -0.352 e. The number of benzene rings is 2. The number of unbranched alkanes of at least 4 members (excludes halogenated alkanes) is 2. The molecule has 7 nitrogen and oxygen atoms in total. The highest BCUT2D eigenvalue weighted by atomic mass is 32.1. The summed E-state index contributed by atoms with van der Waals surface area (Å²) in [5, 5.41) is 3.60. The molecule has 0 spiro atoms. The fourth-order valence-electron chi connectivity index (χ4n) is 4.34. The Morgan fingerprint density at radius 2 is 1.88 bits per heavy atom. The highest BCUT2D eigenvalue weighted by Gasteiger charge is 2.19. The molecule has 1 aromatic heterocycles. The molecule has 1 aliphatic heterocycles. The molecule has 0 aliphatic carbocycles. The molecule has 1 aliphatic rings. The van der Waals surface area contributed by atoms with Crippen LogP contribution in [0.15, 0.2) is 53.3 Å². The van der Waals surface area contributed by atoms with Gasteiger partial charge in [0.1, 0.15) is 0 Å². The van der Waals surface area contributed by atoms with E-state index in [1.807, 2.05) is 47.4 Å². The van der Waals surface area contributed by atoms with Crippen molar-refractivity contribution < 1.29 is 9.59 Å². The van der Waals surface area contributed by atoms with Crippen molar-refractivity contribution in [1.82, 2.24) is 14.9 Å². The molecule has 1 saturated heterocycles. The number of nitrogens with one attached hydrogen (secondary N) is 2. The molecular formula is C26H30N4O3S. The maximum atomic E-state index is 12.7. The molecule has 2 heterocycles. The number of aromatic nitrogens is 2. The zero-order chi connectivity index (χ0) is 23.9. The standard InChI is InChI=1S/C26H30N4O3S/c31-23(27-18-19-9-8-10-20(17-19)29-15-7-5-14-24(29)32)13-2-1-6-16-30-25(33)21-11-3-4-12-22(21)28-26(30)34/h3-4,8-12,17H,1-2,5-7,13-16,18H2,(H,27,31)(H,28,34). The van der Waals surface area contributed by atoms with Crippen LogP contribution in [0.1, 0.15) is 50.5 Å². The molecule has 2 N–H and O–H groups in total. The number of hydrogen-bond donors (Lipinski definition) is 2. The molecule has 0 saturated carbocycles. The summed E-state index contributed by atoms with van der Waals surface area (Å²) in [6.07, 6.45) is 5.35. The summed E-state index contributed by atoms with van der Waals surface area (Å²) < 4.78 is 2.02. The van der Waals surface area contributed by atoms with Crippen molar-refractivity contribution in [2.24, 2.45) is 0 Å². The molecule has 178 valence electrons. The number of carbonyl (C=O) groups excluding carboxylic acids is 2. The second-order valence-corrected chi connectivity index (χ2v) is 9.08. The third kappa shape index (κ3) is 5.80. The van der Waals surface area contributed by atoms with E-state index in [-0.39, 0.29) is 17.4 Å². The molecule has 0 radical (unpaired) electrons. The number of hydrogen-bond acceptors (Lipinski definition) is 4. The van der Waals surface area contributed by atoms with Crippen LogP contribution in [0.4, 0.5) is 5.69 Å². The molecule has 0 unspecified atom stereocenters. The number of fused-ring (bicyclic) bond motifs is 1. The minimum absolute atomic E-state index is 0.000356. The van der Waals surface area contributed by atoms with Crippen LogP contribution in [0.25, 0.3) is 10.9 Å². The number of H-pyrrole nitrogens is 1. The van der Waals surface area contributed by atoms with E-state index in [2.05, 4.69) is 10.3 Å². The summed E-state index contributed by atoms with van der Waals surface area (Å²) in [6.45, 7) is 1.73. The lowest BCUT2D eigenvalue weighted by Gasteiger charge is -2.27. The van der Waals surface area contributed by atoms with Crippen LogP contribution in [-0.2, 0) is 22.7 Å². The maximum absolute atomic E-state index is 12.7. The molecule has 4 rings (SSSR count). The summed E-state index contributed by atoms with van der Waals surface area (Å²) in [6, 6.07) is 15.2. The SMILES string of the molecule is O=C(CCCCCn1c(=S)[nH]c2ccccc2c1=O)NCc1cccc(N2CCCCC2=O)c1. The van der Waals surface area contributed by atoms with Crippen molar-refractivity contribution in [1.29, 1.82) is 0 Å². The predicted molar refractivity (Wildman–Crippen MR) is 136 cm³/mol. The van der Waals surface area contributed by atoms with Crippen molar-refractivity contribution in [3.63, 3.8) is 0 Å². The van der Waals surface area contributed by atoms with Crippen LogP contribution in [0, 0.1) is 4.77 Å². The number of para-hydroxylation sites is 1. The Bertz CT molecular complexity index is 1300. The monoisotopic (exact) mass is 478 g/mol. The van der Waals surface area contributed by atoms with Crippen molar-refractivity contribution >= 4 is 40.6 Å². The van der Waals surface area contributed by atoms with Gasteiger partial charge in [0.15, 0.2) is 4.77 Å². The Hall–Kier alpha value is -3.26. The van der Waals surface area contributed by atoms with E-state index in [1.165, 1.54) is 0 Å². The number of amides is 2.